The maximum absolute atomic E-state index is 14.6. The number of fused-ring (bicyclic) bond motifs is 3. The average Bonchev–Trinajstić information content (AvgIpc) is 3.39. The molecule has 6 rings (SSSR count). The van der Waals surface area contributed by atoms with E-state index < -0.39 is 42.2 Å². The van der Waals surface area contributed by atoms with Crippen LogP contribution in [0.25, 0.3) is 0 Å². The van der Waals surface area contributed by atoms with Crippen LogP contribution in [0.3, 0.4) is 0 Å². The van der Waals surface area contributed by atoms with Gasteiger partial charge < -0.3 is 9.64 Å². The summed E-state index contributed by atoms with van der Waals surface area (Å²) in [6.07, 6.45) is 1.54. The lowest BCUT2D eigenvalue weighted by Gasteiger charge is -2.43. The van der Waals surface area contributed by atoms with Gasteiger partial charge in [-0.15, -0.1) is 0 Å². The second-order valence-electron chi connectivity index (χ2n) is 11.5. The zero-order valence-electron chi connectivity index (χ0n) is 23.1. The minimum atomic E-state index is -4.11. The number of rotatable bonds is 6. The molecule has 3 aliphatic rings. The number of likely N-dealkylation sites (tertiary alicyclic amines) is 1. The summed E-state index contributed by atoms with van der Waals surface area (Å²) in [5, 5.41) is 1.04. The third-order valence-electron chi connectivity index (χ3n) is 9.05. The molecule has 2 saturated heterocycles. The lowest BCUT2D eigenvalue weighted by atomic mass is 9.78. The van der Waals surface area contributed by atoms with Crippen LogP contribution in [0.2, 0.25) is 10.0 Å². The first-order chi connectivity index (χ1) is 20.4. The molecule has 0 bridgehead atoms. The molecule has 0 radical (unpaired) electrons. The SMILES string of the molecule is O=C(C1CCS(=O)(=O)CC1)N1CC[C@@]2(S(=O)(=O)c3ccc(F)cc3)c3ccc(OCc4cc(Cl)ccc4Cl)cc3CC[C@@H]12. The van der Waals surface area contributed by atoms with Crippen molar-refractivity contribution < 1.29 is 30.8 Å². The quantitative estimate of drug-likeness (QED) is 0.311. The highest BCUT2D eigenvalue weighted by Gasteiger charge is 2.61. The van der Waals surface area contributed by atoms with E-state index in [0.717, 1.165) is 17.7 Å². The highest BCUT2D eigenvalue weighted by Crippen LogP contribution is 2.53. The maximum Gasteiger partial charge on any atom is 0.226 e. The summed E-state index contributed by atoms with van der Waals surface area (Å²) >= 11 is 12.4. The van der Waals surface area contributed by atoms with E-state index in [2.05, 4.69) is 0 Å². The van der Waals surface area contributed by atoms with Crippen LogP contribution < -0.4 is 4.74 Å². The lowest BCUT2D eigenvalue weighted by molar-refractivity contribution is -0.137. The first-order valence-corrected chi connectivity index (χ1v) is 18.2. The summed E-state index contributed by atoms with van der Waals surface area (Å²) < 4.78 is 71.5. The van der Waals surface area contributed by atoms with E-state index in [1.807, 2.05) is 6.07 Å². The zero-order valence-corrected chi connectivity index (χ0v) is 26.3. The minimum absolute atomic E-state index is 0.0132. The zero-order chi connectivity index (χ0) is 30.6. The molecule has 0 spiro atoms. The molecule has 3 aromatic rings. The monoisotopic (exact) mass is 665 g/mol. The fourth-order valence-electron chi connectivity index (χ4n) is 6.87. The van der Waals surface area contributed by atoms with Gasteiger partial charge in [0.25, 0.3) is 0 Å². The molecule has 7 nitrogen and oxygen atoms in total. The van der Waals surface area contributed by atoms with Crippen LogP contribution in [0.5, 0.6) is 5.75 Å². The van der Waals surface area contributed by atoms with Crippen LogP contribution >= 0.6 is 23.2 Å². The Balaban J connectivity index is 1.37. The lowest BCUT2D eigenvalue weighted by Crippen LogP contribution is -2.53. The van der Waals surface area contributed by atoms with Crippen LogP contribution in [-0.4, -0.2) is 51.7 Å². The maximum atomic E-state index is 14.6. The Bertz CT molecular complexity index is 1790. The van der Waals surface area contributed by atoms with Crippen LogP contribution in [0.1, 0.15) is 42.4 Å². The number of aryl methyl sites for hydroxylation is 1. The highest BCUT2D eigenvalue weighted by atomic mass is 35.5. The molecule has 43 heavy (non-hydrogen) atoms. The van der Waals surface area contributed by atoms with E-state index in [-0.39, 0.29) is 54.7 Å². The van der Waals surface area contributed by atoms with Crippen molar-refractivity contribution in [3.8, 4) is 5.75 Å². The molecule has 2 atom stereocenters. The molecule has 1 aliphatic carbocycles. The number of carbonyl (C=O) groups is 1. The van der Waals surface area contributed by atoms with Crippen molar-refractivity contribution in [1.29, 1.82) is 0 Å². The second-order valence-corrected chi connectivity index (χ2v) is 16.8. The van der Waals surface area contributed by atoms with E-state index in [1.54, 1.807) is 35.2 Å². The largest absolute Gasteiger partial charge is 0.489 e. The van der Waals surface area contributed by atoms with Gasteiger partial charge in [0.1, 0.15) is 32.8 Å². The molecular weight excluding hydrogens is 636 g/mol. The summed E-state index contributed by atoms with van der Waals surface area (Å²) in [5.74, 6) is -0.771. The summed E-state index contributed by atoms with van der Waals surface area (Å²) in [4.78, 5) is 15.5. The van der Waals surface area contributed by atoms with Crippen molar-refractivity contribution in [2.75, 3.05) is 18.1 Å². The Hall–Kier alpha value is -2.66. The fourth-order valence-corrected chi connectivity index (χ4v) is 11.1. The van der Waals surface area contributed by atoms with E-state index in [1.165, 1.54) is 12.1 Å². The van der Waals surface area contributed by atoms with Crippen LogP contribution in [0.15, 0.2) is 65.6 Å². The number of amides is 1. The number of hydrogen-bond acceptors (Lipinski definition) is 6. The second kappa shape index (κ2) is 11.4. The van der Waals surface area contributed by atoms with Gasteiger partial charge in [-0.2, -0.15) is 0 Å². The van der Waals surface area contributed by atoms with Crippen molar-refractivity contribution in [2.24, 2.45) is 5.92 Å². The third kappa shape index (κ3) is 5.45. The molecule has 2 fully saturated rings. The van der Waals surface area contributed by atoms with E-state index >= 15 is 0 Å². The van der Waals surface area contributed by atoms with Crippen LogP contribution in [0.4, 0.5) is 4.39 Å². The molecule has 3 aromatic carbocycles. The molecule has 0 saturated carbocycles. The molecule has 2 heterocycles. The predicted molar refractivity (Wildman–Crippen MR) is 162 cm³/mol. The van der Waals surface area contributed by atoms with Crippen LogP contribution in [-0.2, 0) is 42.2 Å². The Morgan fingerprint density at radius 2 is 1.72 bits per heavy atom. The summed E-state index contributed by atoms with van der Waals surface area (Å²) in [5.41, 5.74) is 2.11. The number of hydrogen-bond donors (Lipinski definition) is 0. The van der Waals surface area contributed by atoms with Crippen molar-refractivity contribution in [3.05, 3.63) is 93.2 Å². The summed E-state index contributed by atoms with van der Waals surface area (Å²) in [7, 11) is -7.28. The van der Waals surface area contributed by atoms with Gasteiger partial charge in [0.2, 0.25) is 5.91 Å². The molecule has 0 N–H and O–H groups in total. The average molecular weight is 667 g/mol. The van der Waals surface area contributed by atoms with E-state index in [9.17, 15) is 26.0 Å². The van der Waals surface area contributed by atoms with Gasteiger partial charge in [-0.1, -0.05) is 29.3 Å². The molecule has 12 heteroatoms. The Morgan fingerprint density at radius 1 is 1.00 bits per heavy atom. The van der Waals surface area contributed by atoms with Crippen molar-refractivity contribution >= 4 is 48.8 Å². The van der Waals surface area contributed by atoms with Crippen molar-refractivity contribution in [1.82, 2.24) is 4.90 Å². The summed E-state index contributed by atoms with van der Waals surface area (Å²) in [6, 6.07) is 14.6. The van der Waals surface area contributed by atoms with Crippen LogP contribution in [0, 0.1) is 11.7 Å². The number of sulfone groups is 2. The molecule has 0 aromatic heterocycles. The molecule has 2 aliphatic heterocycles. The molecular formula is C31H30Cl2FNO6S2. The highest BCUT2D eigenvalue weighted by molar-refractivity contribution is 7.92. The van der Waals surface area contributed by atoms with Gasteiger partial charge in [0, 0.05) is 28.1 Å². The van der Waals surface area contributed by atoms with Gasteiger partial charge in [-0.05, 0) is 97.8 Å². The number of nitrogens with zero attached hydrogens (tertiary/aromatic N) is 1. The number of benzene rings is 3. The van der Waals surface area contributed by atoms with Gasteiger partial charge in [-0.25, -0.2) is 21.2 Å². The third-order valence-corrected chi connectivity index (χ3v) is 13.9. The van der Waals surface area contributed by atoms with Gasteiger partial charge in [0.15, 0.2) is 9.84 Å². The number of ether oxygens (including phenoxy) is 1. The topological polar surface area (TPSA) is 97.8 Å². The van der Waals surface area contributed by atoms with Gasteiger partial charge in [0.05, 0.1) is 22.4 Å². The normalized spacial score (nSPS) is 23.4. The molecule has 0 unspecified atom stereocenters. The Kier molecular flexibility index (Phi) is 8.03. The van der Waals surface area contributed by atoms with Crippen molar-refractivity contribution in [3.63, 3.8) is 0 Å². The predicted octanol–water partition coefficient (Wildman–Crippen LogP) is 5.75. The van der Waals surface area contributed by atoms with Gasteiger partial charge >= 0.3 is 0 Å². The smallest absolute Gasteiger partial charge is 0.226 e. The van der Waals surface area contributed by atoms with E-state index in [0.29, 0.717) is 39.8 Å². The fraction of sp³-hybridized carbons (Fsp3) is 0.387. The Labute approximate surface area is 260 Å². The molecule has 1 amide bonds. The number of carbonyl (C=O) groups excluding carboxylic acids is 1. The Morgan fingerprint density at radius 3 is 2.44 bits per heavy atom. The molecule has 228 valence electrons. The first-order valence-electron chi connectivity index (χ1n) is 14.1. The summed E-state index contributed by atoms with van der Waals surface area (Å²) in [6.45, 7) is 0.386. The minimum Gasteiger partial charge on any atom is -0.489 e. The van der Waals surface area contributed by atoms with Crippen molar-refractivity contribution in [2.45, 2.75) is 54.4 Å². The standard InChI is InChI=1S/C31H30Cl2FNO6S2/c32-23-2-9-28(33)22(17-23)19-41-25-5-8-27-21(18-25)1-10-29-31(27,43(39,40)26-6-3-24(34)4-7-26)13-14-35(29)30(36)20-11-15-42(37,38)16-12-20/h2-9,17-18,20,29H,1,10-16,19H2/t29-,31-/m1/s1. The first kappa shape index (κ1) is 30.4. The van der Waals surface area contributed by atoms with Gasteiger partial charge in [-0.3, -0.25) is 4.79 Å². The van der Waals surface area contributed by atoms with E-state index in [4.69, 9.17) is 27.9 Å². The number of halogens is 3.